The quantitative estimate of drug-likeness (QED) is 0.495. The molecule has 0 aliphatic rings. The number of nitrogens with zero attached hydrogens (tertiary/aromatic N) is 1. The number of hydrogen-bond donors (Lipinski definition) is 3. The number of hydrogen-bond acceptors (Lipinski definition) is 4. The lowest BCUT2D eigenvalue weighted by atomic mass is 10.0. The van der Waals surface area contributed by atoms with Gasteiger partial charge in [0.2, 0.25) is 0 Å². The van der Waals surface area contributed by atoms with E-state index >= 15 is 0 Å². The van der Waals surface area contributed by atoms with Crippen LogP contribution in [0.3, 0.4) is 0 Å². The fraction of sp³-hybridized carbons (Fsp3) is 0.273. The second-order valence-corrected chi connectivity index (χ2v) is 6.14. The van der Waals surface area contributed by atoms with Crippen LogP contribution in [0.5, 0.6) is 0 Å². The maximum absolute atomic E-state index is 12.5. The summed E-state index contributed by atoms with van der Waals surface area (Å²) in [6.45, 7) is 4.56. The Bertz CT molecular complexity index is 827. The summed E-state index contributed by atoms with van der Waals surface area (Å²) in [7, 11) is 0. The molecule has 140 valence electrons. The Morgan fingerprint density at radius 1 is 1.07 bits per heavy atom. The van der Waals surface area contributed by atoms with Crippen LogP contribution >= 0.6 is 0 Å². The number of rotatable bonds is 8. The molecular formula is C22H25N3O2. The molecule has 27 heavy (non-hydrogen) atoms. The summed E-state index contributed by atoms with van der Waals surface area (Å²) in [5.41, 5.74) is 4.76. The van der Waals surface area contributed by atoms with Gasteiger partial charge in [0.1, 0.15) is 11.6 Å². The molecule has 0 fully saturated rings. The van der Waals surface area contributed by atoms with Crippen LogP contribution in [0.4, 0.5) is 5.69 Å². The fourth-order valence-corrected chi connectivity index (χ4v) is 2.77. The van der Waals surface area contributed by atoms with Gasteiger partial charge in [0.25, 0.3) is 5.91 Å². The highest BCUT2D eigenvalue weighted by Gasteiger charge is 2.13. The summed E-state index contributed by atoms with van der Waals surface area (Å²) in [6.07, 6.45) is 3.05. The van der Waals surface area contributed by atoms with Gasteiger partial charge in [-0.1, -0.05) is 56.3 Å². The first-order chi connectivity index (χ1) is 13.1. The summed E-state index contributed by atoms with van der Waals surface area (Å²) >= 11 is 0. The number of amides is 1. The summed E-state index contributed by atoms with van der Waals surface area (Å²) in [6, 6.07) is 15.4. The first-order valence-electron chi connectivity index (χ1n) is 9.07. The van der Waals surface area contributed by atoms with Crippen molar-refractivity contribution in [1.82, 2.24) is 5.32 Å². The van der Waals surface area contributed by atoms with E-state index in [1.165, 1.54) is 6.20 Å². The fourth-order valence-electron chi connectivity index (χ4n) is 2.77. The first kappa shape index (κ1) is 20.2. The largest absolute Gasteiger partial charge is 0.392 e. The Morgan fingerprint density at radius 2 is 1.67 bits per heavy atom. The normalized spacial score (nSPS) is 11.0. The van der Waals surface area contributed by atoms with Crippen molar-refractivity contribution in [2.24, 2.45) is 0 Å². The summed E-state index contributed by atoms with van der Waals surface area (Å²) in [5, 5.41) is 24.3. The lowest BCUT2D eigenvalue weighted by Crippen LogP contribution is -2.18. The zero-order chi connectivity index (χ0) is 19.6. The molecular weight excluding hydrogens is 338 g/mol. The molecule has 0 aliphatic heterocycles. The topological polar surface area (TPSA) is 85.2 Å². The molecule has 0 atom stereocenters. The number of aliphatic hydroxyl groups is 1. The number of benzene rings is 2. The van der Waals surface area contributed by atoms with Crippen molar-refractivity contribution in [3.8, 4) is 6.07 Å². The molecule has 0 unspecified atom stereocenters. The van der Waals surface area contributed by atoms with Gasteiger partial charge < -0.3 is 15.7 Å². The van der Waals surface area contributed by atoms with E-state index in [9.17, 15) is 10.1 Å². The van der Waals surface area contributed by atoms with Crippen molar-refractivity contribution in [1.29, 1.82) is 5.26 Å². The minimum atomic E-state index is -0.420. The van der Waals surface area contributed by atoms with Crippen LogP contribution in [0.15, 0.2) is 54.2 Å². The average Bonchev–Trinajstić information content (AvgIpc) is 2.71. The smallest absolute Gasteiger partial charge is 0.267 e. The van der Waals surface area contributed by atoms with Gasteiger partial charge in [0, 0.05) is 18.4 Å². The minimum Gasteiger partial charge on any atom is -0.392 e. The van der Waals surface area contributed by atoms with Crippen LogP contribution < -0.4 is 10.6 Å². The molecule has 0 spiro atoms. The molecule has 0 saturated heterocycles. The van der Waals surface area contributed by atoms with E-state index in [0.29, 0.717) is 6.54 Å². The second-order valence-electron chi connectivity index (χ2n) is 6.14. The van der Waals surface area contributed by atoms with Gasteiger partial charge >= 0.3 is 0 Å². The van der Waals surface area contributed by atoms with Crippen molar-refractivity contribution in [3.63, 3.8) is 0 Å². The third-order valence-corrected chi connectivity index (χ3v) is 4.36. The van der Waals surface area contributed by atoms with Crippen LogP contribution in [-0.4, -0.2) is 11.0 Å². The monoisotopic (exact) mass is 363 g/mol. The summed E-state index contributed by atoms with van der Waals surface area (Å²) in [5.74, 6) is -0.420. The zero-order valence-corrected chi connectivity index (χ0v) is 15.7. The van der Waals surface area contributed by atoms with E-state index in [1.54, 1.807) is 0 Å². The third-order valence-electron chi connectivity index (χ3n) is 4.36. The second kappa shape index (κ2) is 10.1. The van der Waals surface area contributed by atoms with Crippen molar-refractivity contribution in [3.05, 3.63) is 76.5 Å². The lowest BCUT2D eigenvalue weighted by Gasteiger charge is -2.14. The molecule has 0 radical (unpaired) electrons. The SMILES string of the molecule is CCc1cccc(CC)c1NC(=O)/C(C#N)=C\NCc1ccc(CO)cc1. The molecule has 0 aliphatic carbocycles. The van der Waals surface area contributed by atoms with Gasteiger partial charge in [-0.15, -0.1) is 0 Å². The van der Waals surface area contributed by atoms with Crippen LogP contribution in [-0.2, 0) is 30.8 Å². The van der Waals surface area contributed by atoms with Crippen LogP contribution in [0.25, 0.3) is 0 Å². The Balaban J connectivity index is 2.07. The molecule has 3 N–H and O–H groups in total. The standard InChI is InChI=1S/C22H25N3O2/c1-3-18-6-5-7-19(4-2)21(18)25-22(27)20(12-23)14-24-13-16-8-10-17(15-26)11-9-16/h5-11,14,24,26H,3-4,13,15H2,1-2H3,(H,25,27)/b20-14-. The number of aryl methyl sites for hydroxylation is 2. The van der Waals surface area contributed by atoms with E-state index in [2.05, 4.69) is 10.6 Å². The third kappa shape index (κ3) is 5.44. The highest BCUT2D eigenvalue weighted by Crippen LogP contribution is 2.23. The number of anilines is 1. The van der Waals surface area contributed by atoms with E-state index in [-0.39, 0.29) is 12.2 Å². The number of para-hydroxylation sites is 1. The number of carbonyl (C=O) groups excluding carboxylic acids is 1. The van der Waals surface area contributed by atoms with E-state index in [1.807, 2.05) is 62.4 Å². The summed E-state index contributed by atoms with van der Waals surface area (Å²) < 4.78 is 0. The van der Waals surface area contributed by atoms with Crippen molar-refractivity contribution in [2.75, 3.05) is 5.32 Å². The van der Waals surface area contributed by atoms with Gasteiger partial charge in [-0.05, 0) is 35.1 Å². The van der Waals surface area contributed by atoms with E-state index in [4.69, 9.17) is 5.11 Å². The molecule has 2 aromatic carbocycles. The van der Waals surface area contributed by atoms with Gasteiger partial charge in [-0.25, -0.2) is 0 Å². The first-order valence-corrected chi connectivity index (χ1v) is 9.07. The predicted octanol–water partition coefficient (Wildman–Crippen LogP) is 3.44. The number of nitriles is 1. The predicted molar refractivity (Wildman–Crippen MR) is 107 cm³/mol. The molecule has 0 bridgehead atoms. The van der Waals surface area contributed by atoms with E-state index in [0.717, 1.165) is 40.8 Å². The van der Waals surface area contributed by atoms with Crippen molar-refractivity contribution in [2.45, 2.75) is 39.8 Å². The minimum absolute atomic E-state index is 0.00530. The molecule has 0 saturated carbocycles. The van der Waals surface area contributed by atoms with Crippen LogP contribution in [0.1, 0.15) is 36.1 Å². The molecule has 1 amide bonds. The molecule has 5 nitrogen and oxygen atoms in total. The van der Waals surface area contributed by atoms with Gasteiger partial charge in [-0.3, -0.25) is 4.79 Å². The molecule has 0 aromatic heterocycles. The molecule has 5 heteroatoms. The van der Waals surface area contributed by atoms with Gasteiger partial charge in [0.05, 0.1) is 6.61 Å². The van der Waals surface area contributed by atoms with Crippen molar-refractivity contribution < 1.29 is 9.90 Å². The molecule has 0 heterocycles. The Hall–Kier alpha value is -3.10. The Labute approximate surface area is 160 Å². The Morgan fingerprint density at radius 3 is 2.19 bits per heavy atom. The number of nitrogens with one attached hydrogen (secondary N) is 2. The zero-order valence-electron chi connectivity index (χ0n) is 15.7. The van der Waals surface area contributed by atoms with Gasteiger partial charge in [-0.2, -0.15) is 5.26 Å². The number of aliphatic hydroxyl groups excluding tert-OH is 1. The van der Waals surface area contributed by atoms with Crippen molar-refractivity contribution >= 4 is 11.6 Å². The maximum atomic E-state index is 12.5. The highest BCUT2D eigenvalue weighted by atomic mass is 16.3. The summed E-state index contributed by atoms with van der Waals surface area (Å²) in [4.78, 5) is 12.5. The average molecular weight is 363 g/mol. The van der Waals surface area contributed by atoms with Crippen LogP contribution in [0, 0.1) is 11.3 Å². The van der Waals surface area contributed by atoms with Crippen LogP contribution in [0.2, 0.25) is 0 Å². The highest BCUT2D eigenvalue weighted by molar-refractivity contribution is 6.07. The maximum Gasteiger partial charge on any atom is 0.267 e. The van der Waals surface area contributed by atoms with Gasteiger partial charge in [0.15, 0.2) is 0 Å². The molecule has 2 rings (SSSR count). The molecule has 2 aromatic rings. The lowest BCUT2D eigenvalue weighted by molar-refractivity contribution is -0.112. The van der Waals surface area contributed by atoms with E-state index < -0.39 is 5.91 Å². The number of carbonyl (C=O) groups is 1. The Kier molecular flexibility index (Phi) is 7.60.